The lowest BCUT2D eigenvalue weighted by molar-refractivity contribution is -0.120. The molecular formula is C25H21FO5S. The summed E-state index contributed by atoms with van der Waals surface area (Å²) in [5.41, 5.74) is 2.93. The first-order valence-corrected chi connectivity index (χ1v) is 11.4. The van der Waals surface area contributed by atoms with Crippen molar-refractivity contribution < 1.29 is 27.4 Å². The molecule has 0 bridgehead atoms. The summed E-state index contributed by atoms with van der Waals surface area (Å²) < 4.78 is 46.1. The third-order valence-electron chi connectivity index (χ3n) is 6.32. The zero-order valence-electron chi connectivity index (χ0n) is 17.4. The first-order valence-electron chi connectivity index (χ1n) is 10.3. The van der Waals surface area contributed by atoms with Gasteiger partial charge in [0.1, 0.15) is 11.6 Å². The molecule has 32 heavy (non-hydrogen) atoms. The lowest BCUT2D eigenvalue weighted by Gasteiger charge is -2.17. The summed E-state index contributed by atoms with van der Waals surface area (Å²) in [6.07, 6.45) is 1.45. The first kappa shape index (κ1) is 20.8. The molecule has 0 amide bonds. The molecule has 1 aliphatic heterocycles. The van der Waals surface area contributed by atoms with Crippen molar-refractivity contribution in [2.75, 3.05) is 6.79 Å². The number of Topliss-reactive ketones (excluding diaryl/α,β-unsaturated/α-hetero) is 1. The van der Waals surface area contributed by atoms with E-state index in [4.69, 9.17) is 9.47 Å². The van der Waals surface area contributed by atoms with Gasteiger partial charge in [0.05, 0.1) is 10.3 Å². The molecule has 3 aromatic carbocycles. The fraction of sp³-hybridized carbons (Fsp3) is 0.240. The number of fused-ring (bicyclic) bond motifs is 1. The van der Waals surface area contributed by atoms with Crippen molar-refractivity contribution in [2.24, 2.45) is 0 Å². The number of benzene rings is 3. The Bertz CT molecular complexity index is 1250. The summed E-state index contributed by atoms with van der Waals surface area (Å²) in [6, 6.07) is 15.3. The van der Waals surface area contributed by atoms with E-state index >= 15 is 0 Å². The predicted molar refractivity (Wildman–Crippen MR) is 118 cm³/mol. The molecule has 0 spiro atoms. The average Bonchev–Trinajstić information content (AvgIpc) is 3.46. The topological polar surface area (TPSA) is 72.8 Å². The molecule has 5 nitrogen and oxygen atoms in total. The van der Waals surface area contributed by atoms with Gasteiger partial charge in [-0.05, 0) is 84.0 Å². The summed E-state index contributed by atoms with van der Waals surface area (Å²) in [5.74, 6) is 0.880. The monoisotopic (exact) mass is 452 g/mol. The van der Waals surface area contributed by atoms with Gasteiger partial charge in [0, 0.05) is 6.42 Å². The Hall–Kier alpha value is -3.03. The van der Waals surface area contributed by atoms with Gasteiger partial charge in [0.25, 0.3) is 0 Å². The molecule has 1 unspecified atom stereocenters. The molecule has 3 aromatic rings. The van der Waals surface area contributed by atoms with Crippen molar-refractivity contribution >= 4 is 16.9 Å². The van der Waals surface area contributed by atoms with Crippen molar-refractivity contribution in [3.63, 3.8) is 0 Å². The van der Waals surface area contributed by atoms with Gasteiger partial charge in [-0.2, -0.15) is 0 Å². The normalized spacial score (nSPS) is 16.6. The van der Waals surface area contributed by atoms with Crippen LogP contribution < -0.4 is 9.47 Å². The van der Waals surface area contributed by atoms with E-state index < -0.39 is 22.3 Å². The Labute approximate surface area is 187 Å². The van der Waals surface area contributed by atoms with Gasteiger partial charge >= 0.3 is 0 Å². The van der Waals surface area contributed by atoms with Gasteiger partial charge in [0.2, 0.25) is 6.79 Å². The van der Waals surface area contributed by atoms with Gasteiger partial charge in [-0.15, -0.1) is 0 Å². The lowest BCUT2D eigenvalue weighted by Crippen LogP contribution is -2.23. The van der Waals surface area contributed by atoms with Gasteiger partial charge < -0.3 is 14.0 Å². The minimum absolute atomic E-state index is 0.00764. The summed E-state index contributed by atoms with van der Waals surface area (Å²) in [4.78, 5) is 13.6. The van der Waals surface area contributed by atoms with Gasteiger partial charge in [0.15, 0.2) is 22.6 Å². The highest BCUT2D eigenvalue weighted by molar-refractivity contribution is 7.79. The predicted octanol–water partition coefficient (Wildman–Crippen LogP) is 4.95. The summed E-state index contributed by atoms with van der Waals surface area (Å²) in [6.45, 7) is 1.98. The van der Waals surface area contributed by atoms with Crippen LogP contribution in [0.2, 0.25) is 0 Å². The zero-order valence-corrected chi connectivity index (χ0v) is 18.2. The molecular weight excluding hydrogens is 431 g/mol. The van der Waals surface area contributed by atoms with E-state index in [1.54, 1.807) is 37.3 Å². The molecule has 164 valence electrons. The minimum Gasteiger partial charge on any atom is -0.454 e. The Kier molecular flexibility index (Phi) is 5.10. The standard InChI is InChI=1S/C25H21FO5S/c1-15-10-21(26)17(11-20(15)16-2-5-19(6-3-16)32(28)29)12-24(27)25(8-9-25)18-4-7-22-23(13-18)31-14-30-22/h2-7,10-11,13H,8-9,12,14H2,1H3,(H,28,29). The van der Waals surface area contributed by atoms with Gasteiger partial charge in [-0.3, -0.25) is 4.79 Å². The van der Waals surface area contributed by atoms with Crippen LogP contribution in [-0.4, -0.2) is 21.3 Å². The van der Waals surface area contributed by atoms with Crippen LogP contribution >= 0.6 is 0 Å². The zero-order chi connectivity index (χ0) is 22.5. The maximum Gasteiger partial charge on any atom is 0.231 e. The number of carbonyl (C=O) groups excluding carboxylic acids is 1. The minimum atomic E-state index is -2.06. The Morgan fingerprint density at radius 2 is 1.78 bits per heavy atom. The second-order valence-corrected chi connectivity index (χ2v) is 9.25. The number of ketones is 1. The number of hydrogen-bond acceptors (Lipinski definition) is 4. The van der Waals surface area contributed by atoms with Crippen molar-refractivity contribution in [2.45, 2.75) is 36.5 Å². The van der Waals surface area contributed by atoms with Crippen LogP contribution in [0.1, 0.15) is 29.5 Å². The maximum atomic E-state index is 14.8. The quantitative estimate of drug-likeness (QED) is 0.536. The number of hydrogen-bond donors (Lipinski definition) is 1. The molecule has 1 N–H and O–H groups in total. The number of aryl methyl sites for hydroxylation is 1. The highest BCUT2D eigenvalue weighted by Crippen LogP contribution is 2.51. The van der Waals surface area contributed by atoms with Crippen molar-refractivity contribution in [1.29, 1.82) is 0 Å². The molecule has 0 radical (unpaired) electrons. The fourth-order valence-electron chi connectivity index (χ4n) is 4.30. The smallest absolute Gasteiger partial charge is 0.231 e. The van der Waals surface area contributed by atoms with E-state index in [2.05, 4.69) is 0 Å². The number of rotatable bonds is 6. The number of carbonyl (C=O) groups is 1. The molecule has 5 rings (SSSR count). The van der Waals surface area contributed by atoms with E-state index in [9.17, 15) is 17.9 Å². The molecule has 7 heteroatoms. The SMILES string of the molecule is Cc1cc(F)c(CC(=O)C2(c3ccc4c(c3)OCO4)CC2)cc1-c1ccc(S(=O)O)cc1. The molecule has 1 saturated carbocycles. The van der Waals surface area contributed by atoms with E-state index in [0.29, 0.717) is 22.0 Å². The van der Waals surface area contributed by atoms with Crippen LogP contribution in [0, 0.1) is 12.7 Å². The van der Waals surface area contributed by atoms with Crippen molar-refractivity contribution in [3.05, 3.63) is 77.1 Å². The molecule has 1 aliphatic carbocycles. The average molecular weight is 453 g/mol. The molecule has 1 heterocycles. The van der Waals surface area contributed by atoms with Crippen LogP contribution in [0.3, 0.4) is 0 Å². The third-order valence-corrected chi connectivity index (χ3v) is 7.00. The van der Waals surface area contributed by atoms with E-state index in [1.165, 1.54) is 6.07 Å². The maximum absolute atomic E-state index is 14.8. The molecule has 0 aromatic heterocycles. The van der Waals surface area contributed by atoms with E-state index in [0.717, 1.165) is 35.1 Å². The van der Waals surface area contributed by atoms with E-state index in [-0.39, 0.29) is 19.0 Å². The van der Waals surface area contributed by atoms with Crippen molar-refractivity contribution in [1.82, 2.24) is 0 Å². The highest BCUT2D eigenvalue weighted by Gasteiger charge is 2.51. The van der Waals surface area contributed by atoms with Crippen LogP contribution in [0.5, 0.6) is 11.5 Å². The number of halogens is 1. The second kappa shape index (κ2) is 7.83. The highest BCUT2D eigenvalue weighted by atomic mass is 32.2. The van der Waals surface area contributed by atoms with Crippen LogP contribution in [0.25, 0.3) is 11.1 Å². The Morgan fingerprint density at radius 3 is 2.47 bits per heavy atom. The van der Waals surface area contributed by atoms with Crippen LogP contribution in [0.15, 0.2) is 59.5 Å². The van der Waals surface area contributed by atoms with Crippen LogP contribution in [0.4, 0.5) is 4.39 Å². The molecule has 1 fully saturated rings. The Morgan fingerprint density at radius 1 is 1.06 bits per heavy atom. The first-order chi connectivity index (χ1) is 15.4. The lowest BCUT2D eigenvalue weighted by atomic mass is 9.86. The van der Waals surface area contributed by atoms with Gasteiger partial charge in [-0.1, -0.05) is 18.2 Å². The van der Waals surface area contributed by atoms with E-state index in [1.807, 2.05) is 18.2 Å². The molecule has 0 saturated heterocycles. The molecule has 1 atom stereocenters. The van der Waals surface area contributed by atoms with Crippen molar-refractivity contribution in [3.8, 4) is 22.6 Å². The third kappa shape index (κ3) is 3.61. The summed E-state index contributed by atoms with van der Waals surface area (Å²) >= 11 is -2.06. The van der Waals surface area contributed by atoms with Gasteiger partial charge in [-0.25, -0.2) is 8.60 Å². The fourth-order valence-corrected chi connectivity index (χ4v) is 4.67. The number of ether oxygens (including phenoxy) is 2. The summed E-state index contributed by atoms with van der Waals surface area (Å²) in [7, 11) is 0. The molecule has 2 aliphatic rings. The Balaban J connectivity index is 1.43. The second-order valence-electron chi connectivity index (χ2n) is 8.28. The summed E-state index contributed by atoms with van der Waals surface area (Å²) in [5, 5.41) is 0. The van der Waals surface area contributed by atoms with Crippen LogP contribution in [-0.2, 0) is 27.7 Å². The largest absolute Gasteiger partial charge is 0.454 e.